The van der Waals surface area contributed by atoms with Gasteiger partial charge in [-0.05, 0) is 28.1 Å². The first kappa shape index (κ1) is 10.2. The van der Waals surface area contributed by atoms with Gasteiger partial charge in [0.05, 0.1) is 4.47 Å². The second-order valence-electron chi connectivity index (χ2n) is 1.54. The Morgan fingerprint density at radius 1 is 1.20 bits per heavy atom. The Balaban J connectivity index is 0.000000810. The first-order valence-corrected chi connectivity index (χ1v) is 3.10. The Morgan fingerprint density at radius 2 is 1.80 bits per heavy atom. The van der Waals surface area contributed by atoms with Gasteiger partial charge in [0.15, 0.2) is 11.6 Å². The molecule has 0 N–H and O–H groups in total. The molecule has 0 saturated heterocycles. The van der Waals surface area contributed by atoms with Gasteiger partial charge in [-0.3, -0.25) is 0 Å². The van der Waals surface area contributed by atoms with Crippen molar-refractivity contribution >= 4 is 34.8 Å². The topological polar surface area (TPSA) is 0 Å². The summed E-state index contributed by atoms with van der Waals surface area (Å²) in [6, 6.07) is 3.95. The molecule has 0 heterocycles. The second-order valence-corrected chi connectivity index (χ2v) is 2.39. The third kappa shape index (κ3) is 2.08. The van der Waals surface area contributed by atoms with Gasteiger partial charge in [-0.25, -0.2) is 8.78 Å². The van der Waals surface area contributed by atoms with Crippen LogP contribution in [-0.4, -0.2) is 18.9 Å². The van der Waals surface area contributed by atoms with Gasteiger partial charge >= 0.3 is 0 Å². The SMILES string of the molecule is Fc1cccc(Br)c1F.[Li]. The Morgan fingerprint density at radius 3 is 2.20 bits per heavy atom. The van der Waals surface area contributed by atoms with E-state index in [0.717, 1.165) is 6.07 Å². The summed E-state index contributed by atoms with van der Waals surface area (Å²) in [6.07, 6.45) is 0. The quantitative estimate of drug-likeness (QED) is 0.445. The van der Waals surface area contributed by atoms with E-state index in [0.29, 0.717) is 0 Å². The molecule has 0 nitrogen and oxygen atoms in total. The van der Waals surface area contributed by atoms with Crippen molar-refractivity contribution in [1.82, 2.24) is 0 Å². The molecule has 0 spiro atoms. The maximum atomic E-state index is 12.3. The molecule has 0 atom stereocenters. The van der Waals surface area contributed by atoms with E-state index in [-0.39, 0.29) is 23.3 Å². The van der Waals surface area contributed by atoms with Crippen LogP contribution in [0.4, 0.5) is 8.78 Å². The smallest absolute Gasteiger partial charge is 0.172 e. The van der Waals surface area contributed by atoms with E-state index in [2.05, 4.69) is 15.9 Å². The van der Waals surface area contributed by atoms with Crippen LogP contribution in [0.2, 0.25) is 0 Å². The van der Waals surface area contributed by atoms with Crippen LogP contribution in [0.15, 0.2) is 22.7 Å². The summed E-state index contributed by atoms with van der Waals surface area (Å²) in [5.41, 5.74) is 0. The van der Waals surface area contributed by atoms with Crippen LogP contribution in [-0.2, 0) is 0 Å². The van der Waals surface area contributed by atoms with Crippen molar-refractivity contribution in [2.45, 2.75) is 0 Å². The molecule has 0 unspecified atom stereocenters. The van der Waals surface area contributed by atoms with Gasteiger partial charge in [-0.15, -0.1) is 0 Å². The molecule has 0 bridgehead atoms. The van der Waals surface area contributed by atoms with E-state index in [1.807, 2.05) is 0 Å². The van der Waals surface area contributed by atoms with Gasteiger partial charge in [0.2, 0.25) is 0 Å². The summed E-state index contributed by atoms with van der Waals surface area (Å²) in [6.45, 7) is 0. The van der Waals surface area contributed by atoms with Crippen LogP contribution < -0.4 is 0 Å². The Kier molecular flexibility index (Phi) is 4.19. The van der Waals surface area contributed by atoms with Gasteiger partial charge in [-0.1, -0.05) is 6.07 Å². The van der Waals surface area contributed by atoms with Crippen molar-refractivity contribution in [1.29, 1.82) is 0 Å². The van der Waals surface area contributed by atoms with Crippen LogP contribution in [0.3, 0.4) is 0 Å². The third-order valence-electron chi connectivity index (χ3n) is 0.904. The molecule has 1 radical (unpaired) electrons. The maximum absolute atomic E-state index is 12.3. The van der Waals surface area contributed by atoms with Gasteiger partial charge < -0.3 is 0 Å². The fourth-order valence-electron chi connectivity index (χ4n) is 0.477. The molecule has 0 fully saturated rings. The first-order chi connectivity index (χ1) is 4.22. The summed E-state index contributed by atoms with van der Waals surface area (Å²) in [7, 11) is 0. The minimum absolute atomic E-state index is 0. The predicted octanol–water partition coefficient (Wildman–Crippen LogP) is 2.35. The number of halogens is 3. The third-order valence-corrected chi connectivity index (χ3v) is 1.52. The van der Waals surface area contributed by atoms with Crippen molar-refractivity contribution in [3.8, 4) is 0 Å². The van der Waals surface area contributed by atoms with Crippen molar-refractivity contribution < 1.29 is 8.78 Å². The van der Waals surface area contributed by atoms with E-state index >= 15 is 0 Å². The van der Waals surface area contributed by atoms with E-state index in [4.69, 9.17) is 0 Å². The van der Waals surface area contributed by atoms with Crippen molar-refractivity contribution in [2.75, 3.05) is 0 Å². The standard InChI is InChI=1S/C6H3BrF2.Li/c7-4-2-1-3-5(8)6(4)9;/h1-3H;. The van der Waals surface area contributed by atoms with Crippen LogP contribution in [0.25, 0.3) is 0 Å². The molecule has 1 aromatic carbocycles. The van der Waals surface area contributed by atoms with Crippen molar-refractivity contribution in [3.63, 3.8) is 0 Å². The Hall–Kier alpha value is 0.157. The van der Waals surface area contributed by atoms with Gasteiger partial charge in [-0.2, -0.15) is 0 Å². The largest absolute Gasteiger partial charge is 0.204 e. The Bertz CT molecular complexity index is 207. The van der Waals surface area contributed by atoms with Gasteiger partial charge in [0.25, 0.3) is 0 Å². The number of hydrogen-bond donors (Lipinski definition) is 0. The van der Waals surface area contributed by atoms with E-state index in [1.165, 1.54) is 12.1 Å². The summed E-state index contributed by atoms with van der Waals surface area (Å²) in [5.74, 6) is -1.66. The molecular weight excluding hydrogens is 197 g/mol. The zero-order valence-electron chi connectivity index (χ0n) is 5.37. The zero-order chi connectivity index (χ0) is 6.85. The molecule has 1 aromatic rings. The minimum atomic E-state index is -0.836. The molecule has 0 aliphatic carbocycles. The number of hydrogen-bond acceptors (Lipinski definition) is 0. The van der Waals surface area contributed by atoms with E-state index in [1.54, 1.807) is 0 Å². The monoisotopic (exact) mass is 199 g/mol. The van der Waals surface area contributed by atoms with Crippen molar-refractivity contribution in [2.24, 2.45) is 0 Å². The van der Waals surface area contributed by atoms with E-state index in [9.17, 15) is 8.78 Å². The average Bonchev–Trinajstić information content (AvgIpc) is 1.83. The molecule has 4 heteroatoms. The molecule has 49 valence electrons. The molecule has 0 aliphatic heterocycles. The first-order valence-electron chi connectivity index (χ1n) is 2.31. The molecule has 1 rings (SSSR count). The number of rotatable bonds is 0. The van der Waals surface area contributed by atoms with Crippen LogP contribution in [0.5, 0.6) is 0 Å². The minimum Gasteiger partial charge on any atom is -0.204 e. The summed E-state index contributed by atoms with van der Waals surface area (Å²) in [4.78, 5) is 0. The van der Waals surface area contributed by atoms with Crippen LogP contribution >= 0.6 is 15.9 Å². The average molecular weight is 200 g/mol. The zero-order valence-corrected chi connectivity index (χ0v) is 6.95. The summed E-state index contributed by atoms with van der Waals surface area (Å²) >= 11 is 2.83. The molecule has 0 aromatic heterocycles. The second kappa shape index (κ2) is 4.12. The molecular formula is C6H3BrF2Li. The summed E-state index contributed by atoms with van der Waals surface area (Å²) < 4.78 is 24.6. The predicted molar refractivity (Wildman–Crippen MR) is 39.8 cm³/mol. The molecule has 0 amide bonds. The Labute approximate surface area is 77.9 Å². The van der Waals surface area contributed by atoms with Gasteiger partial charge in [0, 0.05) is 18.9 Å². The maximum Gasteiger partial charge on any atom is 0.172 e. The fourth-order valence-corrected chi connectivity index (χ4v) is 0.819. The molecule has 0 aliphatic rings. The summed E-state index contributed by atoms with van der Waals surface area (Å²) in [5, 5.41) is 0. The van der Waals surface area contributed by atoms with E-state index < -0.39 is 11.6 Å². The number of benzene rings is 1. The van der Waals surface area contributed by atoms with Gasteiger partial charge in [0.1, 0.15) is 0 Å². The molecule has 10 heavy (non-hydrogen) atoms. The van der Waals surface area contributed by atoms with Crippen molar-refractivity contribution in [3.05, 3.63) is 34.3 Å². The van der Waals surface area contributed by atoms with Crippen LogP contribution in [0.1, 0.15) is 0 Å². The fraction of sp³-hybridized carbons (Fsp3) is 0. The van der Waals surface area contributed by atoms with Crippen LogP contribution in [0, 0.1) is 11.6 Å². The normalized spacial score (nSPS) is 8.70. The molecule has 0 saturated carbocycles.